The molecule has 1 aromatic rings. The van der Waals surface area contributed by atoms with Gasteiger partial charge >= 0.3 is 0 Å². The largest absolute Gasteiger partial charge is 0.368 e. The van der Waals surface area contributed by atoms with E-state index in [4.69, 9.17) is 11.5 Å². The minimum Gasteiger partial charge on any atom is -0.368 e. The van der Waals surface area contributed by atoms with Crippen molar-refractivity contribution in [3.63, 3.8) is 0 Å². The maximum atomic E-state index is 11.3. The first-order valence-corrected chi connectivity index (χ1v) is 7.00. The lowest BCUT2D eigenvalue weighted by Crippen LogP contribution is -2.40. The summed E-state index contributed by atoms with van der Waals surface area (Å²) in [6.07, 6.45) is 4.72. The number of rotatable bonds is 4. The molecule has 1 heterocycles. The number of nitrogens with zero attached hydrogens (tertiary/aromatic N) is 1. The molecule has 4 heteroatoms. The number of piperidine rings is 1. The van der Waals surface area contributed by atoms with Gasteiger partial charge in [-0.15, -0.1) is 0 Å². The van der Waals surface area contributed by atoms with Crippen molar-refractivity contribution in [2.24, 2.45) is 11.5 Å². The number of benzene rings is 1. The van der Waals surface area contributed by atoms with Crippen molar-refractivity contribution in [1.82, 2.24) is 0 Å². The van der Waals surface area contributed by atoms with Crippen LogP contribution in [-0.4, -0.2) is 25.0 Å². The second-order valence-electron chi connectivity index (χ2n) is 5.28. The van der Waals surface area contributed by atoms with Crippen LogP contribution in [0.3, 0.4) is 0 Å². The van der Waals surface area contributed by atoms with Crippen molar-refractivity contribution in [2.75, 3.05) is 18.0 Å². The van der Waals surface area contributed by atoms with Crippen LogP contribution < -0.4 is 16.4 Å². The van der Waals surface area contributed by atoms with Crippen molar-refractivity contribution in [1.29, 1.82) is 0 Å². The Kier molecular flexibility index (Phi) is 4.43. The summed E-state index contributed by atoms with van der Waals surface area (Å²) in [6.45, 7) is 3.73. The van der Waals surface area contributed by atoms with E-state index in [1.165, 1.54) is 24.9 Å². The fourth-order valence-corrected chi connectivity index (χ4v) is 2.94. The predicted octanol–water partition coefficient (Wildman–Crippen LogP) is 1.80. The van der Waals surface area contributed by atoms with Crippen LogP contribution in [0.25, 0.3) is 0 Å². The number of nitrogens with two attached hydrogens (primary N) is 2. The van der Waals surface area contributed by atoms with Crippen molar-refractivity contribution in [3.05, 3.63) is 29.3 Å². The minimum absolute atomic E-state index is 0.360. The number of primary amides is 1. The summed E-state index contributed by atoms with van der Waals surface area (Å²) >= 11 is 0. The molecule has 0 saturated carbocycles. The lowest BCUT2D eigenvalue weighted by Gasteiger charge is -2.38. The van der Waals surface area contributed by atoms with Gasteiger partial charge in [0.25, 0.3) is 0 Å². The van der Waals surface area contributed by atoms with Crippen molar-refractivity contribution < 1.29 is 4.79 Å². The molecule has 1 atom stereocenters. The van der Waals surface area contributed by atoms with E-state index in [1.54, 1.807) is 0 Å². The molecular formula is C15H23N3O. The van der Waals surface area contributed by atoms with Crippen LogP contribution in [0, 0.1) is 6.92 Å². The monoisotopic (exact) mass is 261 g/mol. The Balaban J connectivity index is 2.24. The maximum absolute atomic E-state index is 11.3. The van der Waals surface area contributed by atoms with Gasteiger partial charge in [-0.2, -0.15) is 0 Å². The van der Waals surface area contributed by atoms with Crippen LogP contribution in [0.1, 0.15) is 41.6 Å². The van der Waals surface area contributed by atoms with Crippen molar-refractivity contribution >= 4 is 11.6 Å². The van der Waals surface area contributed by atoms with Gasteiger partial charge in [0, 0.05) is 23.8 Å². The molecule has 4 N–H and O–H groups in total. The van der Waals surface area contributed by atoms with Crippen LogP contribution in [0.2, 0.25) is 0 Å². The highest BCUT2D eigenvalue weighted by Gasteiger charge is 2.22. The van der Waals surface area contributed by atoms with Crippen LogP contribution in [0.4, 0.5) is 5.69 Å². The molecule has 104 valence electrons. The zero-order valence-corrected chi connectivity index (χ0v) is 11.6. The van der Waals surface area contributed by atoms with E-state index < -0.39 is 0 Å². The highest BCUT2D eigenvalue weighted by atomic mass is 16.1. The summed E-state index contributed by atoms with van der Waals surface area (Å²) < 4.78 is 0. The third-order valence-electron chi connectivity index (χ3n) is 3.93. The van der Waals surface area contributed by atoms with Gasteiger partial charge in [0.1, 0.15) is 0 Å². The number of anilines is 1. The first kappa shape index (κ1) is 13.9. The molecule has 1 amide bonds. The van der Waals surface area contributed by atoms with Gasteiger partial charge in [-0.3, -0.25) is 4.79 Å². The molecule has 0 bridgehead atoms. The molecule has 0 radical (unpaired) electrons. The second kappa shape index (κ2) is 6.06. The van der Waals surface area contributed by atoms with Gasteiger partial charge in [0.15, 0.2) is 0 Å². The highest BCUT2D eigenvalue weighted by Crippen LogP contribution is 2.27. The van der Waals surface area contributed by atoms with E-state index in [0.29, 0.717) is 11.6 Å². The Morgan fingerprint density at radius 3 is 2.84 bits per heavy atom. The summed E-state index contributed by atoms with van der Waals surface area (Å²) in [5.41, 5.74) is 13.8. The normalized spacial score (nSPS) is 19.5. The molecule has 1 unspecified atom stereocenters. The van der Waals surface area contributed by atoms with Gasteiger partial charge in [-0.1, -0.05) is 0 Å². The van der Waals surface area contributed by atoms with Crippen LogP contribution in [0.5, 0.6) is 0 Å². The lowest BCUT2D eigenvalue weighted by atomic mass is 9.97. The number of carbonyl (C=O) groups is 1. The number of aryl methyl sites for hydroxylation is 1. The molecule has 1 aromatic carbocycles. The van der Waals surface area contributed by atoms with E-state index in [9.17, 15) is 4.79 Å². The zero-order chi connectivity index (χ0) is 13.8. The Morgan fingerprint density at radius 1 is 1.42 bits per heavy atom. The third-order valence-corrected chi connectivity index (χ3v) is 3.93. The van der Waals surface area contributed by atoms with Gasteiger partial charge in [-0.05, 0) is 62.9 Å². The number of carbonyl (C=O) groups excluding carboxylic acids is 1. The quantitative estimate of drug-likeness (QED) is 0.868. The van der Waals surface area contributed by atoms with E-state index in [1.807, 2.05) is 19.1 Å². The molecule has 0 aromatic heterocycles. The number of hydrogen-bond donors (Lipinski definition) is 2. The zero-order valence-electron chi connectivity index (χ0n) is 11.6. The molecule has 0 aliphatic carbocycles. The fraction of sp³-hybridized carbons (Fsp3) is 0.533. The third kappa shape index (κ3) is 3.07. The molecule has 19 heavy (non-hydrogen) atoms. The van der Waals surface area contributed by atoms with Crippen LogP contribution >= 0.6 is 0 Å². The van der Waals surface area contributed by atoms with E-state index in [-0.39, 0.29) is 5.91 Å². The van der Waals surface area contributed by atoms with Crippen LogP contribution in [0.15, 0.2) is 18.2 Å². The standard InChI is InChI=1S/C15H23N3O/c1-11-10-13(5-6-14(11)15(17)19)18-9-3-2-4-12(18)7-8-16/h5-6,10,12H,2-4,7-9,16H2,1H3,(H2,17,19). The lowest BCUT2D eigenvalue weighted by molar-refractivity contribution is 0.1000. The van der Waals surface area contributed by atoms with Gasteiger partial charge in [-0.25, -0.2) is 0 Å². The van der Waals surface area contributed by atoms with Gasteiger partial charge < -0.3 is 16.4 Å². The minimum atomic E-state index is -0.360. The van der Waals surface area contributed by atoms with Gasteiger partial charge in [0.2, 0.25) is 5.91 Å². The maximum Gasteiger partial charge on any atom is 0.248 e. The topological polar surface area (TPSA) is 72.3 Å². The number of amides is 1. The summed E-state index contributed by atoms with van der Waals surface area (Å²) in [5.74, 6) is -0.360. The molecule has 1 aliphatic rings. The van der Waals surface area contributed by atoms with E-state index in [2.05, 4.69) is 11.0 Å². The molecule has 1 saturated heterocycles. The SMILES string of the molecule is Cc1cc(N2CCCCC2CCN)ccc1C(N)=O. The molecule has 0 spiro atoms. The first-order valence-electron chi connectivity index (χ1n) is 7.00. The summed E-state index contributed by atoms with van der Waals surface area (Å²) in [4.78, 5) is 13.7. The second-order valence-corrected chi connectivity index (χ2v) is 5.28. The average Bonchev–Trinajstić information content (AvgIpc) is 2.39. The summed E-state index contributed by atoms with van der Waals surface area (Å²) in [5, 5.41) is 0. The van der Waals surface area contributed by atoms with E-state index >= 15 is 0 Å². The fourth-order valence-electron chi connectivity index (χ4n) is 2.94. The van der Waals surface area contributed by atoms with Crippen LogP contribution in [-0.2, 0) is 0 Å². The molecule has 1 fully saturated rings. The van der Waals surface area contributed by atoms with Gasteiger partial charge in [0.05, 0.1) is 0 Å². The average molecular weight is 261 g/mol. The first-order chi connectivity index (χ1) is 9.13. The Hall–Kier alpha value is -1.55. The summed E-state index contributed by atoms with van der Waals surface area (Å²) in [7, 11) is 0. The molecule has 4 nitrogen and oxygen atoms in total. The molecule has 1 aliphatic heterocycles. The van der Waals surface area contributed by atoms with E-state index in [0.717, 1.165) is 25.1 Å². The summed E-state index contributed by atoms with van der Waals surface area (Å²) in [6, 6.07) is 6.43. The van der Waals surface area contributed by atoms with Crippen molar-refractivity contribution in [2.45, 2.75) is 38.6 Å². The smallest absolute Gasteiger partial charge is 0.248 e. The molecular weight excluding hydrogens is 238 g/mol. The predicted molar refractivity (Wildman–Crippen MR) is 78.4 cm³/mol. The highest BCUT2D eigenvalue weighted by molar-refractivity contribution is 5.94. The Bertz CT molecular complexity index is 457. The number of hydrogen-bond acceptors (Lipinski definition) is 3. The Labute approximate surface area is 114 Å². The Morgan fingerprint density at radius 2 is 2.21 bits per heavy atom. The molecule has 2 rings (SSSR count). The van der Waals surface area contributed by atoms with Crippen molar-refractivity contribution in [3.8, 4) is 0 Å².